The molecule has 0 saturated carbocycles. The van der Waals surface area contributed by atoms with Crippen LogP contribution in [0.5, 0.6) is 0 Å². The lowest BCUT2D eigenvalue weighted by molar-refractivity contribution is 1.31. The fourth-order valence-electron chi connectivity index (χ4n) is 0.631. The standard InChI is InChI=1S/C8H5Cl2NS/c9-7-4-6(2-1-3-12)5-11-8(7)10/h4-5,12H,3H2. The molecule has 1 aromatic rings. The Balaban J connectivity index is 2.97. The Labute approximate surface area is 86.5 Å². The largest absolute Gasteiger partial charge is 0.242 e. The lowest BCUT2D eigenvalue weighted by Gasteiger charge is -1.93. The predicted octanol–water partition coefficient (Wildman–Crippen LogP) is 2.67. The van der Waals surface area contributed by atoms with Crippen molar-refractivity contribution in [1.29, 1.82) is 0 Å². The molecule has 0 bridgehead atoms. The molecule has 0 fully saturated rings. The van der Waals surface area contributed by atoms with Crippen molar-refractivity contribution < 1.29 is 0 Å². The summed E-state index contributed by atoms with van der Waals surface area (Å²) in [5.74, 6) is 6.13. The molecule has 0 aliphatic rings. The van der Waals surface area contributed by atoms with E-state index >= 15 is 0 Å². The van der Waals surface area contributed by atoms with Gasteiger partial charge in [0.15, 0.2) is 0 Å². The zero-order valence-corrected chi connectivity index (χ0v) is 8.42. The molecule has 0 amide bonds. The number of nitrogens with zero attached hydrogens (tertiary/aromatic N) is 1. The molecular formula is C8H5Cl2NS. The van der Waals surface area contributed by atoms with Crippen LogP contribution in [-0.2, 0) is 0 Å². The molecule has 0 atom stereocenters. The average Bonchev–Trinajstić information content (AvgIpc) is 2.07. The molecule has 62 valence electrons. The zero-order chi connectivity index (χ0) is 8.97. The minimum absolute atomic E-state index is 0.299. The Morgan fingerprint density at radius 2 is 2.25 bits per heavy atom. The van der Waals surface area contributed by atoms with Crippen molar-refractivity contribution in [3.05, 3.63) is 28.0 Å². The summed E-state index contributed by atoms with van der Waals surface area (Å²) in [5, 5.41) is 0.718. The SMILES string of the molecule is SCC#Cc1cnc(Cl)c(Cl)c1. The molecule has 0 unspecified atom stereocenters. The molecule has 12 heavy (non-hydrogen) atoms. The van der Waals surface area contributed by atoms with E-state index in [1.165, 1.54) is 0 Å². The first-order valence-electron chi connectivity index (χ1n) is 3.15. The molecule has 0 spiro atoms. The molecule has 1 aromatic heterocycles. The summed E-state index contributed by atoms with van der Waals surface area (Å²) in [7, 11) is 0. The van der Waals surface area contributed by atoms with Gasteiger partial charge in [-0.1, -0.05) is 35.0 Å². The quantitative estimate of drug-likeness (QED) is 0.401. The van der Waals surface area contributed by atoms with Gasteiger partial charge in [0.2, 0.25) is 0 Å². The van der Waals surface area contributed by atoms with Gasteiger partial charge in [0.05, 0.1) is 10.8 Å². The topological polar surface area (TPSA) is 12.9 Å². The first kappa shape index (κ1) is 9.73. The van der Waals surface area contributed by atoms with Crippen LogP contribution in [0, 0.1) is 11.8 Å². The van der Waals surface area contributed by atoms with Gasteiger partial charge in [0, 0.05) is 11.8 Å². The number of hydrogen-bond donors (Lipinski definition) is 1. The van der Waals surface area contributed by atoms with Gasteiger partial charge in [0.25, 0.3) is 0 Å². The molecule has 0 saturated heterocycles. The van der Waals surface area contributed by atoms with Crippen molar-refractivity contribution >= 4 is 35.8 Å². The Bertz CT molecular complexity index is 341. The monoisotopic (exact) mass is 217 g/mol. The average molecular weight is 218 g/mol. The maximum Gasteiger partial charge on any atom is 0.147 e. The third kappa shape index (κ3) is 2.60. The van der Waals surface area contributed by atoms with Crippen molar-refractivity contribution in [2.24, 2.45) is 0 Å². The number of hydrogen-bond acceptors (Lipinski definition) is 2. The maximum absolute atomic E-state index is 5.71. The molecule has 0 radical (unpaired) electrons. The highest BCUT2D eigenvalue weighted by molar-refractivity contribution is 7.80. The molecule has 0 aromatic carbocycles. The lowest BCUT2D eigenvalue weighted by Crippen LogP contribution is -1.80. The second kappa shape index (κ2) is 4.61. The van der Waals surface area contributed by atoms with Gasteiger partial charge in [-0.3, -0.25) is 0 Å². The third-order valence-corrected chi connectivity index (χ3v) is 1.95. The van der Waals surface area contributed by atoms with Crippen LogP contribution in [0.3, 0.4) is 0 Å². The van der Waals surface area contributed by atoms with E-state index in [-0.39, 0.29) is 0 Å². The normalized spacial score (nSPS) is 8.92. The third-order valence-electron chi connectivity index (χ3n) is 1.11. The van der Waals surface area contributed by atoms with E-state index in [2.05, 4.69) is 29.5 Å². The van der Waals surface area contributed by atoms with E-state index in [1.54, 1.807) is 12.3 Å². The Morgan fingerprint density at radius 1 is 1.50 bits per heavy atom. The van der Waals surface area contributed by atoms with Gasteiger partial charge in [-0.2, -0.15) is 12.6 Å². The molecular weight excluding hydrogens is 213 g/mol. The van der Waals surface area contributed by atoms with Crippen molar-refractivity contribution in [1.82, 2.24) is 4.98 Å². The Hall–Kier alpha value is -0.360. The first-order chi connectivity index (χ1) is 5.74. The summed E-state index contributed by atoms with van der Waals surface area (Å²) in [6.45, 7) is 0. The van der Waals surface area contributed by atoms with Crippen LogP contribution in [0.1, 0.15) is 5.56 Å². The van der Waals surface area contributed by atoms with E-state index in [9.17, 15) is 0 Å². The van der Waals surface area contributed by atoms with Crippen LogP contribution in [0.4, 0.5) is 0 Å². The highest BCUT2D eigenvalue weighted by Crippen LogP contribution is 2.18. The van der Waals surface area contributed by atoms with Crippen LogP contribution in [-0.4, -0.2) is 10.7 Å². The first-order valence-corrected chi connectivity index (χ1v) is 4.53. The van der Waals surface area contributed by atoms with E-state index in [0.717, 1.165) is 5.56 Å². The van der Waals surface area contributed by atoms with Crippen LogP contribution >= 0.6 is 35.8 Å². The van der Waals surface area contributed by atoms with Crippen LogP contribution in [0.2, 0.25) is 10.2 Å². The van der Waals surface area contributed by atoms with E-state index in [0.29, 0.717) is 15.9 Å². The van der Waals surface area contributed by atoms with Crippen LogP contribution < -0.4 is 0 Å². The summed E-state index contributed by atoms with van der Waals surface area (Å²) in [6.07, 6.45) is 1.57. The smallest absolute Gasteiger partial charge is 0.147 e. The second-order valence-corrected chi connectivity index (χ2v) is 3.04. The summed E-state index contributed by atoms with van der Waals surface area (Å²) >= 11 is 15.3. The summed E-state index contributed by atoms with van der Waals surface area (Å²) in [5.41, 5.74) is 0.749. The Morgan fingerprint density at radius 3 is 2.83 bits per heavy atom. The lowest BCUT2D eigenvalue weighted by atomic mass is 10.3. The molecule has 4 heteroatoms. The van der Waals surface area contributed by atoms with Gasteiger partial charge in [-0.25, -0.2) is 4.98 Å². The minimum atomic E-state index is 0.299. The second-order valence-electron chi connectivity index (χ2n) is 1.96. The molecule has 0 N–H and O–H groups in total. The van der Waals surface area contributed by atoms with Crippen LogP contribution in [0.15, 0.2) is 12.3 Å². The summed E-state index contributed by atoms with van der Waals surface area (Å²) in [4.78, 5) is 3.84. The molecule has 1 nitrogen and oxygen atoms in total. The predicted molar refractivity (Wildman–Crippen MR) is 55.0 cm³/mol. The highest BCUT2D eigenvalue weighted by atomic mass is 35.5. The van der Waals surface area contributed by atoms with Gasteiger partial charge in [0.1, 0.15) is 5.15 Å². The molecule has 1 heterocycles. The molecule has 1 rings (SSSR count). The van der Waals surface area contributed by atoms with Crippen molar-refractivity contribution in [3.63, 3.8) is 0 Å². The highest BCUT2D eigenvalue weighted by Gasteiger charge is 1.97. The molecule has 0 aliphatic heterocycles. The fraction of sp³-hybridized carbons (Fsp3) is 0.125. The summed E-state index contributed by atoms with van der Waals surface area (Å²) < 4.78 is 0. The van der Waals surface area contributed by atoms with Gasteiger partial charge >= 0.3 is 0 Å². The number of pyridine rings is 1. The van der Waals surface area contributed by atoms with E-state index < -0.39 is 0 Å². The van der Waals surface area contributed by atoms with Crippen molar-refractivity contribution in [2.75, 3.05) is 5.75 Å². The van der Waals surface area contributed by atoms with Crippen molar-refractivity contribution in [3.8, 4) is 11.8 Å². The Kier molecular flexibility index (Phi) is 3.74. The fourth-order valence-corrected chi connectivity index (χ4v) is 0.980. The summed E-state index contributed by atoms with van der Waals surface area (Å²) in [6, 6.07) is 1.67. The van der Waals surface area contributed by atoms with E-state index in [1.807, 2.05) is 0 Å². The molecule has 0 aliphatic carbocycles. The maximum atomic E-state index is 5.71. The number of aromatic nitrogens is 1. The van der Waals surface area contributed by atoms with Gasteiger partial charge in [-0.15, -0.1) is 0 Å². The number of halogens is 2. The van der Waals surface area contributed by atoms with Gasteiger partial charge < -0.3 is 0 Å². The van der Waals surface area contributed by atoms with Crippen LogP contribution in [0.25, 0.3) is 0 Å². The van der Waals surface area contributed by atoms with Crippen molar-refractivity contribution in [2.45, 2.75) is 0 Å². The number of rotatable bonds is 0. The van der Waals surface area contributed by atoms with E-state index in [4.69, 9.17) is 23.2 Å². The zero-order valence-electron chi connectivity index (χ0n) is 6.01. The minimum Gasteiger partial charge on any atom is -0.242 e. The van der Waals surface area contributed by atoms with Gasteiger partial charge in [-0.05, 0) is 6.07 Å². The number of thiol groups is 1.